The highest BCUT2D eigenvalue weighted by molar-refractivity contribution is 6.02. The van der Waals surface area contributed by atoms with E-state index in [1.54, 1.807) is 0 Å². The molecule has 2 aromatic carbocycles. The minimum absolute atomic E-state index is 0.222. The van der Waals surface area contributed by atoms with Crippen molar-refractivity contribution in [1.29, 1.82) is 0 Å². The Morgan fingerprint density at radius 3 is 2.46 bits per heavy atom. The number of anilines is 1. The summed E-state index contributed by atoms with van der Waals surface area (Å²) in [5.41, 5.74) is 3.99. The SMILES string of the molecule is Cc1cccc(NC(=O)NC(=O)CN(Cc2ccccc2)C2CC2)c1C. The molecule has 0 aromatic heterocycles. The van der Waals surface area contributed by atoms with Crippen LogP contribution in [0.5, 0.6) is 0 Å². The number of rotatable bonds is 6. The summed E-state index contributed by atoms with van der Waals surface area (Å²) in [6, 6.07) is 15.7. The van der Waals surface area contributed by atoms with E-state index < -0.39 is 6.03 Å². The number of imide groups is 1. The average molecular weight is 351 g/mol. The fraction of sp³-hybridized carbons (Fsp3) is 0.333. The lowest BCUT2D eigenvalue weighted by Gasteiger charge is -2.21. The van der Waals surface area contributed by atoms with Gasteiger partial charge < -0.3 is 5.32 Å². The molecule has 1 saturated carbocycles. The molecule has 0 heterocycles. The first-order chi connectivity index (χ1) is 12.5. The fourth-order valence-electron chi connectivity index (χ4n) is 2.96. The molecule has 0 spiro atoms. The van der Waals surface area contributed by atoms with Gasteiger partial charge in [0.2, 0.25) is 5.91 Å². The van der Waals surface area contributed by atoms with Crippen LogP contribution in [0, 0.1) is 13.8 Å². The normalized spacial score (nSPS) is 13.5. The predicted molar refractivity (Wildman–Crippen MR) is 103 cm³/mol. The number of nitrogens with zero attached hydrogens (tertiary/aromatic N) is 1. The van der Waals surface area contributed by atoms with Gasteiger partial charge in [0, 0.05) is 18.3 Å². The van der Waals surface area contributed by atoms with Crippen molar-refractivity contribution < 1.29 is 9.59 Å². The first-order valence-electron chi connectivity index (χ1n) is 8.98. The van der Waals surface area contributed by atoms with E-state index in [-0.39, 0.29) is 12.5 Å². The lowest BCUT2D eigenvalue weighted by Crippen LogP contribution is -2.42. The Balaban J connectivity index is 1.55. The van der Waals surface area contributed by atoms with Gasteiger partial charge in [-0.25, -0.2) is 4.79 Å². The molecule has 5 nitrogen and oxygen atoms in total. The van der Waals surface area contributed by atoms with Crippen molar-refractivity contribution >= 4 is 17.6 Å². The van der Waals surface area contributed by atoms with Crippen LogP contribution < -0.4 is 10.6 Å². The third-order valence-electron chi connectivity index (χ3n) is 4.74. The molecular formula is C21H25N3O2. The smallest absolute Gasteiger partial charge is 0.307 e. The Labute approximate surface area is 154 Å². The van der Waals surface area contributed by atoms with Crippen LogP contribution >= 0.6 is 0 Å². The second kappa shape index (κ2) is 8.15. The van der Waals surface area contributed by atoms with Crippen molar-refractivity contribution in [1.82, 2.24) is 10.2 Å². The number of amides is 3. The standard InChI is InChI=1S/C21H25N3O2/c1-15-7-6-10-19(16(15)2)22-21(26)23-20(25)14-24(18-11-12-18)13-17-8-4-3-5-9-17/h3-10,18H,11-14H2,1-2H3,(H2,22,23,25,26). The van der Waals surface area contributed by atoms with Gasteiger partial charge in [-0.1, -0.05) is 42.5 Å². The number of urea groups is 1. The Morgan fingerprint density at radius 1 is 1.04 bits per heavy atom. The number of nitrogens with one attached hydrogen (secondary N) is 2. The minimum atomic E-state index is -0.487. The molecule has 1 fully saturated rings. The van der Waals surface area contributed by atoms with Crippen LogP contribution in [0.1, 0.15) is 29.5 Å². The molecule has 0 bridgehead atoms. The summed E-state index contributed by atoms with van der Waals surface area (Å²) in [6.07, 6.45) is 2.21. The number of benzene rings is 2. The van der Waals surface area contributed by atoms with Crippen molar-refractivity contribution in [3.63, 3.8) is 0 Å². The van der Waals surface area contributed by atoms with E-state index in [9.17, 15) is 9.59 Å². The average Bonchev–Trinajstić information content (AvgIpc) is 3.44. The Hall–Kier alpha value is -2.66. The van der Waals surface area contributed by atoms with Gasteiger partial charge in [0.1, 0.15) is 0 Å². The van der Waals surface area contributed by atoms with Gasteiger partial charge in [0.25, 0.3) is 0 Å². The summed E-state index contributed by atoms with van der Waals surface area (Å²) in [7, 11) is 0. The highest BCUT2D eigenvalue weighted by Crippen LogP contribution is 2.28. The third-order valence-corrected chi connectivity index (χ3v) is 4.74. The summed E-state index contributed by atoms with van der Waals surface area (Å²) >= 11 is 0. The summed E-state index contributed by atoms with van der Waals surface area (Å²) in [6.45, 7) is 4.87. The number of hydrogen-bond acceptors (Lipinski definition) is 3. The fourth-order valence-corrected chi connectivity index (χ4v) is 2.96. The second-order valence-corrected chi connectivity index (χ2v) is 6.87. The summed E-state index contributed by atoms with van der Waals surface area (Å²) in [5, 5.41) is 5.20. The molecule has 2 N–H and O–H groups in total. The van der Waals surface area contributed by atoms with Crippen molar-refractivity contribution in [3.05, 3.63) is 65.2 Å². The van der Waals surface area contributed by atoms with Crippen LogP contribution in [0.2, 0.25) is 0 Å². The molecule has 5 heteroatoms. The molecule has 0 radical (unpaired) electrons. The van der Waals surface area contributed by atoms with E-state index in [1.807, 2.05) is 50.2 Å². The van der Waals surface area contributed by atoms with Gasteiger partial charge in [-0.2, -0.15) is 0 Å². The Morgan fingerprint density at radius 2 is 1.77 bits per heavy atom. The number of aryl methyl sites for hydroxylation is 1. The van der Waals surface area contributed by atoms with Gasteiger partial charge in [-0.3, -0.25) is 15.0 Å². The molecule has 1 aliphatic rings. The lowest BCUT2D eigenvalue weighted by molar-refractivity contribution is -0.121. The number of carbonyl (C=O) groups excluding carboxylic acids is 2. The van der Waals surface area contributed by atoms with E-state index in [0.717, 1.165) is 36.2 Å². The van der Waals surface area contributed by atoms with Crippen LogP contribution in [-0.4, -0.2) is 29.4 Å². The molecule has 1 aliphatic carbocycles. The summed E-state index contributed by atoms with van der Waals surface area (Å²) < 4.78 is 0. The van der Waals surface area contributed by atoms with Gasteiger partial charge in [0.05, 0.1) is 6.54 Å². The van der Waals surface area contributed by atoms with Crippen molar-refractivity contribution in [2.45, 2.75) is 39.3 Å². The molecular weight excluding hydrogens is 326 g/mol. The van der Waals surface area contributed by atoms with Crippen LogP contribution in [-0.2, 0) is 11.3 Å². The van der Waals surface area contributed by atoms with Gasteiger partial charge in [-0.05, 0) is 49.4 Å². The zero-order valence-electron chi connectivity index (χ0n) is 15.3. The molecule has 0 saturated heterocycles. The number of carbonyl (C=O) groups is 2. The maximum absolute atomic E-state index is 12.3. The Kier molecular flexibility index (Phi) is 5.68. The van der Waals surface area contributed by atoms with Gasteiger partial charge in [-0.15, -0.1) is 0 Å². The van der Waals surface area contributed by atoms with Crippen LogP contribution in [0.15, 0.2) is 48.5 Å². The van der Waals surface area contributed by atoms with Crippen LogP contribution in [0.25, 0.3) is 0 Å². The molecule has 3 rings (SSSR count). The highest BCUT2D eigenvalue weighted by Gasteiger charge is 2.30. The zero-order valence-corrected chi connectivity index (χ0v) is 15.3. The van der Waals surface area contributed by atoms with Crippen molar-refractivity contribution in [2.24, 2.45) is 0 Å². The monoisotopic (exact) mass is 351 g/mol. The lowest BCUT2D eigenvalue weighted by atomic mass is 10.1. The molecule has 136 valence electrons. The molecule has 26 heavy (non-hydrogen) atoms. The van der Waals surface area contributed by atoms with Crippen molar-refractivity contribution in [2.75, 3.05) is 11.9 Å². The first-order valence-corrected chi connectivity index (χ1v) is 8.98. The van der Waals surface area contributed by atoms with Gasteiger partial charge in [0.15, 0.2) is 0 Å². The quantitative estimate of drug-likeness (QED) is 0.836. The first kappa shape index (κ1) is 18.1. The van der Waals surface area contributed by atoms with Crippen LogP contribution in [0.4, 0.5) is 10.5 Å². The minimum Gasteiger partial charge on any atom is -0.307 e. The maximum Gasteiger partial charge on any atom is 0.325 e. The summed E-state index contributed by atoms with van der Waals surface area (Å²) in [5.74, 6) is -0.282. The topological polar surface area (TPSA) is 61.4 Å². The van der Waals surface area contributed by atoms with E-state index in [4.69, 9.17) is 0 Å². The highest BCUT2D eigenvalue weighted by atomic mass is 16.2. The third kappa shape index (κ3) is 4.92. The number of hydrogen-bond donors (Lipinski definition) is 2. The summed E-state index contributed by atoms with van der Waals surface area (Å²) in [4.78, 5) is 26.6. The van der Waals surface area contributed by atoms with E-state index in [2.05, 4.69) is 27.7 Å². The molecule has 2 aromatic rings. The molecule has 3 amide bonds. The van der Waals surface area contributed by atoms with E-state index >= 15 is 0 Å². The largest absolute Gasteiger partial charge is 0.325 e. The van der Waals surface area contributed by atoms with E-state index in [1.165, 1.54) is 5.56 Å². The van der Waals surface area contributed by atoms with E-state index in [0.29, 0.717) is 6.04 Å². The molecule has 0 unspecified atom stereocenters. The van der Waals surface area contributed by atoms with Crippen LogP contribution in [0.3, 0.4) is 0 Å². The van der Waals surface area contributed by atoms with Crippen molar-refractivity contribution in [3.8, 4) is 0 Å². The predicted octanol–water partition coefficient (Wildman–Crippen LogP) is 3.62. The molecule has 0 atom stereocenters. The maximum atomic E-state index is 12.3. The van der Waals surface area contributed by atoms with Gasteiger partial charge >= 0.3 is 6.03 Å². The molecule has 0 aliphatic heterocycles. The second-order valence-electron chi connectivity index (χ2n) is 6.87. The Bertz CT molecular complexity index is 785. The zero-order chi connectivity index (χ0) is 18.5.